The van der Waals surface area contributed by atoms with Gasteiger partial charge in [-0.25, -0.2) is 0 Å². The van der Waals surface area contributed by atoms with Crippen molar-refractivity contribution < 1.29 is 0 Å². The molecule has 0 saturated carbocycles. The van der Waals surface area contributed by atoms with Crippen LogP contribution in [0.15, 0.2) is 18.2 Å². The van der Waals surface area contributed by atoms with Gasteiger partial charge in [-0.3, -0.25) is 4.90 Å². The van der Waals surface area contributed by atoms with E-state index >= 15 is 0 Å². The Morgan fingerprint density at radius 3 is 2.88 bits per heavy atom. The van der Waals surface area contributed by atoms with Crippen LogP contribution < -0.4 is 5.73 Å². The molecule has 2 N–H and O–H groups in total. The van der Waals surface area contributed by atoms with E-state index in [1.54, 1.807) is 6.07 Å². The maximum Gasteiger partial charge on any atom is 0.0429 e. The van der Waals surface area contributed by atoms with Crippen LogP contribution in [0.5, 0.6) is 0 Å². The Hall–Kier alpha value is -0.730. The molecule has 0 bridgehead atoms. The van der Waals surface area contributed by atoms with Gasteiger partial charge in [0.25, 0.3) is 0 Å². The van der Waals surface area contributed by atoms with Crippen LogP contribution in [0.4, 0.5) is 5.69 Å². The predicted octanol–water partition coefficient (Wildman–Crippen LogP) is 3.30. The highest BCUT2D eigenvalue weighted by molar-refractivity contribution is 6.30. The summed E-state index contributed by atoms with van der Waals surface area (Å²) in [6, 6.07) is 6.51. The summed E-state index contributed by atoms with van der Waals surface area (Å²) in [5.41, 5.74) is 7.77. The summed E-state index contributed by atoms with van der Waals surface area (Å²) in [4.78, 5) is 2.51. The number of hydrogen-bond donors (Lipinski definition) is 1. The molecule has 3 heteroatoms. The van der Waals surface area contributed by atoms with Crippen LogP contribution in [0, 0.1) is 0 Å². The summed E-state index contributed by atoms with van der Waals surface area (Å²) in [7, 11) is 0. The van der Waals surface area contributed by atoms with E-state index in [1.807, 2.05) is 12.1 Å². The smallest absolute Gasteiger partial charge is 0.0429 e. The lowest BCUT2D eigenvalue weighted by Crippen LogP contribution is -2.36. The Morgan fingerprint density at radius 1 is 1.38 bits per heavy atom. The molecule has 88 valence electrons. The monoisotopic (exact) mass is 238 g/mol. The second-order valence-corrected chi connectivity index (χ2v) is 5.14. The van der Waals surface area contributed by atoms with E-state index in [0.29, 0.717) is 6.04 Å². The number of nitrogens with two attached hydrogens (primary N) is 1. The summed E-state index contributed by atoms with van der Waals surface area (Å²) in [5.74, 6) is 0. The molecule has 0 aromatic heterocycles. The maximum absolute atomic E-state index is 6.01. The molecule has 1 fully saturated rings. The second kappa shape index (κ2) is 5.07. The minimum Gasteiger partial charge on any atom is -0.399 e. The normalized spacial score (nSPS) is 22.2. The van der Waals surface area contributed by atoms with Crippen LogP contribution in [0.1, 0.15) is 31.7 Å². The maximum atomic E-state index is 6.01. The topological polar surface area (TPSA) is 29.3 Å². The Labute approximate surface area is 102 Å². The number of piperidine rings is 1. The summed E-state index contributed by atoms with van der Waals surface area (Å²) in [5, 5.41) is 0.736. The zero-order valence-corrected chi connectivity index (χ0v) is 10.5. The van der Waals surface area contributed by atoms with E-state index in [4.69, 9.17) is 17.3 Å². The molecule has 16 heavy (non-hydrogen) atoms. The van der Waals surface area contributed by atoms with Gasteiger partial charge in [0.2, 0.25) is 0 Å². The molecule has 1 unspecified atom stereocenters. The van der Waals surface area contributed by atoms with Crippen LogP contribution in [-0.2, 0) is 6.54 Å². The lowest BCUT2D eigenvalue weighted by atomic mass is 10.0. The molecule has 1 atom stereocenters. The second-order valence-electron chi connectivity index (χ2n) is 4.71. The third-order valence-corrected chi connectivity index (χ3v) is 3.52. The predicted molar refractivity (Wildman–Crippen MR) is 69.6 cm³/mol. The number of anilines is 1. The van der Waals surface area contributed by atoms with Gasteiger partial charge in [-0.15, -0.1) is 0 Å². The number of nitrogen functional groups attached to an aromatic ring is 1. The van der Waals surface area contributed by atoms with Crippen molar-refractivity contribution in [2.45, 2.75) is 38.8 Å². The van der Waals surface area contributed by atoms with Gasteiger partial charge in [0.05, 0.1) is 0 Å². The van der Waals surface area contributed by atoms with Crippen molar-refractivity contribution in [3.05, 3.63) is 28.8 Å². The highest BCUT2D eigenvalue weighted by Gasteiger charge is 2.18. The van der Waals surface area contributed by atoms with Gasteiger partial charge in [-0.2, -0.15) is 0 Å². The average Bonchev–Trinajstić information content (AvgIpc) is 2.20. The molecular weight excluding hydrogens is 220 g/mol. The molecule has 0 spiro atoms. The van der Waals surface area contributed by atoms with Crippen molar-refractivity contribution in [1.82, 2.24) is 4.90 Å². The van der Waals surface area contributed by atoms with Gasteiger partial charge < -0.3 is 5.73 Å². The number of benzene rings is 1. The minimum atomic E-state index is 0.675. The summed E-state index contributed by atoms with van der Waals surface area (Å²) in [6.45, 7) is 4.45. The number of nitrogens with zero attached hydrogens (tertiary/aromatic N) is 1. The SMILES string of the molecule is CC1CCCCN1Cc1cc(N)cc(Cl)c1. The van der Waals surface area contributed by atoms with Gasteiger partial charge in [0, 0.05) is 23.3 Å². The first-order chi connectivity index (χ1) is 7.65. The van der Waals surface area contributed by atoms with E-state index in [2.05, 4.69) is 11.8 Å². The van der Waals surface area contributed by atoms with Crippen LogP contribution >= 0.6 is 11.6 Å². The lowest BCUT2D eigenvalue weighted by Gasteiger charge is -2.33. The minimum absolute atomic E-state index is 0.675. The van der Waals surface area contributed by atoms with E-state index in [0.717, 1.165) is 17.3 Å². The van der Waals surface area contributed by atoms with Crippen molar-refractivity contribution in [3.8, 4) is 0 Å². The molecule has 0 aliphatic carbocycles. The van der Waals surface area contributed by atoms with Crippen LogP contribution in [0.2, 0.25) is 5.02 Å². The largest absolute Gasteiger partial charge is 0.399 e. The Balaban J connectivity index is 2.07. The van der Waals surface area contributed by atoms with Crippen molar-refractivity contribution in [2.75, 3.05) is 12.3 Å². The third-order valence-electron chi connectivity index (χ3n) is 3.31. The number of rotatable bonds is 2. The standard InChI is InChI=1S/C13H19ClN2/c1-10-4-2-3-5-16(10)9-11-6-12(14)8-13(15)7-11/h6-8,10H,2-5,9,15H2,1H3. The molecule has 1 aromatic rings. The molecule has 1 aliphatic heterocycles. The highest BCUT2D eigenvalue weighted by atomic mass is 35.5. The third kappa shape index (κ3) is 2.89. The van der Waals surface area contributed by atoms with Crippen molar-refractivity contribution in [3.63, 3.8) is 0 Å². The quantitative estimate of drug-likeness (QED) is 0.802. The van der Waals surface area contributed by atoms with E-state index in [9.17, 15) is 0 Å². The van der Waals surface area contributed by atoms with Gasteiger partial charge >= 0.3 is 0 Å². The van der Waals surface area contributed by atoms with Gasteiger partial charge in [0.15, 0.2) is 0 Å². The molecule has 1 saturated heterocycles. The van der Waals surface area contributed by atoms with Crippen molar-refractivity contribution in [1.29, 1.82) is 0 Å². The van der Waals surface area contributed by atoms with Crippen LogP contribution in [-0.4, -0.2) is 17.5 Å². The summed E-state index contributed by atoms with van der Waals surface area (Å²) in [6.07, 6.45) is 3.96. The number of halogens is 1. The summed E-state index contributed by atoms with van der Waals surface area (Å²) >= 11 is 6.01. The number of hydrogen-bond acceptors (Lipinski definition) is 2. The first-order valence-corrected chi connectivity index (χ1v) is 6.32. The van der Waals surface area contributed by atoms with Crippen LogP contribution in [0.3, 0.4) is 0 Å². The fourth-order valence-electron chi connectivity index (χ4n) is 2.39. The molecule has 0 amide bonds. The zero-order valence-electron chi connectivity index (χ0n) is 9.75. The van der Waals surface area contributed by atoms with E-state index < -0.39 is 0 Å². The fourth-order valence-corrected chi connectivity index (χ4v) is 2.66. The first kappa shape index (κ1) is 11.7. The van der Waals surface area contributed by atoms with Crippen molar-refractivity contribution >= 4 is 17.3 Å². The number of likely N-dealkylation sites (tertiary alicyclic amines) is 1. The molecule has 2 rings (SSSR count). The van der Waals surface area contributed by atoms with E-state index in [-0.39, 0.29) is 0 Å². The fraction of sp³-hybridized carbons (Fsp3) is 0.538. The Bertz CT molecular complexity index is 345. The molecule has 0 radical (unpaired) electrons. The van der Waals surface area contributed by atoms with Gasteiger partial charge in [-0.05, 0) is 50.1 Å². The van der Waals surface area contributed by atoms with E-state index in [1.165, 1.54) is 31.4 Å². The molecular formula is C13H19ClN2. The van der Waals surface area contributed by atoms with Crippen LogP contribution in [0.25, 0.3) is 0 Å². The summed E-state index contributed by atoms with van der Waals surface area (Å²) < 4.78 is 0. The van der Waals surface area contributed by atoms with Gasteiger partial charge in [0.1, 0.15) is 0 Å². The molecule has 1 aliphatic rings. The molecule has 1 heterocycles. The van der Waals surface area contributed by atoms with Gasteiger partial charge in [-0.1, -0.05) is 18.0 Å². The molecule has 1 aromatic carbocycles. The Morgan fingerprint density at radius 2 is 2.19 bits per heavy atom. The highest BCUT2D eigenvalue weighted by Crippen LogP contribution is 2.22. The Kier molecular flexibility index (Phi) is 3.72. The lowest BCUT2D eigenvalue weighted by molar-refractivity contribution is 0.152. The average molecular weight is 239 g/mol. The first-order valence-electron chi connectivity index (χ1n) is 5.94. The molecule has 2 nitrogen and oxygen atoms in total. The van der Waals surface area contributed by atoms with Crippen molar-refractivity contribution in [2.24, 2.45) is 0 Å². The zero-order chi connectivity index (χ0) is 11.5.